The Labute approximate surface area is 166 Å². The van der Waals surface area contributed by atoms with Gasteiger partial charge in [-0.3, -0.25) is 4.79 Å². The molecule has 0 unspecified atom stereocenters. The summed E-state index contributed by atoms with van der Waals surface area (Å²) in [5.41, 5.74) is 7.01. The minimum atomic E-state index is -1.03. The second-order valence-corrected chi connectivity index (χ2v) is 7.39. The fraction of sp³-hybridized carbons (Fsp3) is 0.118. The highest BCUT2D eigenvalue weighted by Crippen LogP contribution is 2.34. The van der Waals surface area contributed by atoms with Crippen LogP contribution in [0.2, 0.25) is 0 Å². The predicted molar refractivity (Wildman–Crippen MR) is 109 cm³/mol. The molecule has 0 fully saturated rings. The number of carboxylic acids is 1. The monoisotopic (exact) mass is 551 g/mol. The molecule has 0 radical (unpaired) electrons. The molecule has 126 valence electrons. The van der Waals surface area contributed by atoms with Crippen molar-refractivity contribution >= 4 is 57.2 Å². The van der Waals surface area contributed by atoms with E-state index in [1.165, 1.54) is 0 Å². The second kappa shape index (κ2) is 8.17. The lowest BCUT2D eigenvalue weighted by atomic mass is 10.1. The van der Waals surface area contributed by atoms with Crippen LogP contribution in [0.3, 0.4) is 0 Å². The molecule has 0 aromatic heterocycles. The fourth-order valence-electron chi connectivity index (χ4n) is 2.05. The highest BCUT2D eigenvalue weighted by Gasteiger charge is 2.16. The molecule has 0 aliphatic carbocycles. The Hall–Kier alpha value is -1.33. The summed E-state index contributed by atoms with van der Waals surface area (Å²) < 4.78 is 7.62. The van der Waals surface area contributed by atoms with Crippen molar-refractivity contribution in [3.63, 3.8) is 0 Å². The van der Waals surface area contributed by atoms with E-state index in [0.29, 0.717) is 17.1 Å². The predicted octanol–water partition coefficient (Wildman–Crippen LogP) is 3.99. The van der Waals surface area contributed by atoms with Crippen LogP contribution in [0.15, 0.2) is 36.9 Å². The van der Waals surface area contributed by atoms with Crippen LogP contribution in [0, 0.1) is 7.14 Å². The SMILES string of the molecule is C=Cc1cc(Oc2c(I)cc(C[C@H](N)C(=O)O)cc2I)ccc1O. The summed E-state index contributed by atoms with van der Waals surface area (Å²) in [6, 6.07) is 7.69. The smallest absolute Gasteiger partial charge is 0.320 e. The van der Waals surface area contributed by atoms with E-state index in [0.717, 1.165) is 12.7 Å². The molecule has 0 spiro atoms. The molecular formula is C17H15I2NO4. The molecule has 0 saturated carbocycles. The van der Waals surface area contributed by atoms with Crippen LogP contribution >= 0.6 is 45.2 Å². The lowest BCUT2D eigenvalue weighted by Crippen LogP contribution is -2.32. The molecular weight excluding hydrogens is 536 g/mol. The number of hydrogen-bond acceptors (Lipinski definition) is 4. The Kier molecular flexibility index (Phi) is 6.47. The molecule has 4 N–H and O–H groups in total. The fourth-order valence-corrected chi connectivity index (χ4v) is 4.16. The number of aromatic hydroxyl groups is 1. The lowest BCUT2D eigenvalue weighted by Gasteiger charge is -2.14. The van der Waals surface area contributed by atoms with Crippen molar-refractivity contribution in [3.8, 4) is 17.2 Å². The van der Waals surface area contributed by atoms with Gasteiger partial charge in [0, 0.05) is 5.56 Å². The van der Waals surface area contributed by atoms with Crippen molar-refractivity contribution in [1.29, 1.82) is 0 Å². The van der Waals surface area contributed by atoms with E-state index in [1.807, 2.05) is 12.1 Å². The molecule has 24 heavy (non-hydrogen) atoms. The summed E-state index contributed by atoms with van der Waals surface area (Å²) in [4.78, 5) is 10.9. The zero-order chi connectivity index (χ0) is 17.9. The van der Waals surface area contributed by atoms with E-state index in [4.69, 9.17) is 15.6 Å². The molecule has 0 heterocycles. The Morgan fingerprint density at radius 3 is 2.46 bits per heavy atom. The van der Waals surface area contributed by atoms with Crippen LogP contribution in [-0.2, 0) is 11.2 Å². The Morgan fingerprint density at radius 1 is 1.29 bits per heavy atom. The molecule has 2 aromatic rings. The van der Waals surface area contributed by atoms with Gasteiger partial charge in [-0.15, -0.1) is 0 Å². The summed E-state index contributed by atoms with van der Waals surface area (Å²) in [5.74, 6) is 0.360. The quantitative estimate of drug-likeness (QED) is 0.473. The maximum Gasteiger partial charge on any atom is 0.320 e. The number of carbonyl (C=O) groups is 1. The summed E-state index contributed by atoms with van der Waals surface area (Å²) in [5, 5.41) is 18.6. The number of aliphatic carboxylic acids is 1. The van der Waals surface area contributed by atoms with Crippen molar-refractivity contribution < 1.29 is 19.7 Å². The van der Waals surface area contributed by atoms with E-state index < -0.39 is 12.0 Å². The molecule has 7 heteroatoms. The van der Waals surface area contributed by atoms with Crippen molar-refractivity contribution in [1.82, 2.24) is 0 Å². The normalized spacial score (nSPS) is 11.8. The minimum Gasteiger partial charge on any atom is -0.507 e. The number of phenolic OH excluding ortho intramolecular Hbond substituents is 1. The molecule has 0 aliphatic rings. The largest absolute Gasteiger partial charge is 0.507 e. The van der Waals surface area contributed by atoms with Crippen molar-refractivity contribution in [2.45, 2.75) is 12.5 Å². The zero-order valence-electron chi connectivity index (χ0n) is 12.5. The second-order valence-electron chi connectivity index (χ2n) is 5.06. The maximum absolute atomic E-state index is 10.9. The molecule has 5 nitrogen and oxygen atoms in total. The molecule has 2 aromatic carbocycles. The number of carboxylic acid groups (broad SMARTS) is 1. The third kappa shape index (κ3) is 4.61. The average Bonchev–Trinajstić information content (AvgIpc) is 2.52. The summed E-state index contributed by atoms with van der Waals surface area (Å²) in [6.45, 7) is 3.65. The van der Waals surface area contributed by atoms with E-state index in [-0.39, 0.29) is 12.2 Å². The molecule has 0 amide bonds. The third-order valence-corrected chi connectivity index (χ3v) is 4.87. The van der Waals surface area contributed by atoms with E-state index >= 15 is 0 Å². The number of phenols is 1. The highest BCUT2D eigenvalue weighted by atomic mass is 127. The van der Waals surface area contributed by atoms with E-state index in [2.05, 4.69) is 51.8 Å². The van der Waals surface area contributed by atoms with Crippen LogP contribution in [0.4, 0.5) is 0 Å². The zero-order valence-corrected chi connectivity index (χ0v) is 16.8. The van der Waals surface area contributed by atoms with Gasteiger partial charge >= 0.3 is 5.97 Å². The van der Waals surface area contributed by atoms with Crippen molar-refractivity contribution in [2.75, 3.05) is 0 Å². The Balaban J connectivity index is 2.28. The van der Waals surface area contributed by atoms with Gasteiger partial charge in [-0.2, -0.15) is 0 Å². The van der Waals surface area contributed by atoms with Gasteiger partial charge in [-0.25, -0.2) is 0 Å². The standard InChI is InChI=1S/C17H15I2NO4/c1-2-10-8-11(3-4-15(10)21)24-16-12(18)5-9(6-13(16)19)7-14(20)17(22)23/h2-6,8,14,21H,1,7,20H2,(H,22,23)/t14-/m0/s1. The van der Waals surface area contributed by atoms with Crippen LogP contribution in [0.25, 0.3) is 6.08 Å². The number of halogens is 2. The van der Waals surface area contributed by atoms with Gasteiger partial charge in [0.05, 0.1) is 7.14 Å². The summed E-state index contributed by atoms with van der Waals surface area (Å²) in [6.07, 6.45) is 1.80. The van der Waals surface area contributed by atoms with E-state index in [1.54, 1.807) is 24.3 Å². The molecule has 0 aliphatic heterocycles. The summed E-state index contributed by atoms with van der Waals surface area (Å²) in [7, 11) is 0. The highest BCUT2D eigenvalue weighted by molar-refractivity contribution is 14.1. The van der Waals surface area contributed by atoms with Crippen LogP contribution in [0.5, 0.6) is 17.2 Å². The molecule has 2 rings (SSSR count). The van der Waals surface area contributed by atoms with Gasteiger partial charge in [0.2, 0.25) is 0 Å². The number of nitrogens with two attached hydrogens (primary N) is 1. The topological polar surface area (TPSA) is 92.8 Å². The van der Waals surface area contributed by atoms with Crippen molar-refractivity contribution in [2.24, 2.45) is 5.73 Å². The first kappa shape index (κ1) is 19.0. The first-order chi connectivity index (χ1) is 11.3. The first-order valence-electron chi connectivity index (χ1n) is 6.91. The van der Waals surface area contributed by atoms with E-state index in [9.17, 15) is 9.90 Å². The number of benzene rings is 2. The van der Waals surface area contributed by atoms with Gasteiger partial charge in [0.1, 0.15) is 17.5 Å². The third-order valence-electron chi connectivity index (χ3n) is 3.27. The van der Waals surface area contributed by atoms with Crippen LogP contribution < -0.4 is 10.5 Å². The molecule has 0 saturated heterocycles. The number of ether oxygens (including phenoxy) is 1. The first-order valence-corrected chi connectivity index (χ1v) is 9.07. The minimum absolute atomic E-state index is 0.139. The Morgan fingerprint density at radius 2 is 1.92 bits per heavy atom. The van der Waals surface area contributed by atoms with Gasteiger partial charge < -0.3 is 20.7 Å². The van der Waals surface area contributed by atoms with Gasteiger partial charge in [0.25, 0.3) is 0 Å². The number of hydrogen-bond donors (Lipinski definition) is 3. The number of rotatable bonds is 6. The van der Waals surface area contributed by atoms with Crippen molar-refractivity contribution in [3.05, 3.63) is 55.2 Å². The Bertz CT molecular complexity index is 769. The maximum atomic E-state index is 10.9. The lowest BCUT2D eigenvalue weighted by molar-refractivity contribution is -0.138. The van der Waals surface area contributed by atoms with Crippen LogP contribution in [-0.4, -0.2) is 22.2 Å². The van der Waals surface area contributed by atoms with Gasteiger partial charge in [-0.05, 0) is 87.5 Å². The molecule has 1 atom stereocenters. The van der Waals surface area contributed by atoms with Gasteiger partial charge in [-0.1, -0.05) is 12.7 Å². The molecule has 0 bridgehead atoms. The van der Waals surface area contributed by atoms with Crippen LogP contribution in [0.1, 0.15) is 11.1 Å². The average molecular weight is 551 g/mol. The van der Waals surface area contributed by atoms with Gasteiger partial charge in [0.15, 0.2) is 5.75 Å². The summed E-state index contributed by atoms with van der Waals surface area (Å²) >= 11 is 4.28.